The lowest BCUT2D eigenvalue weighted by Crippen LogP contribution is -2.13. The second-order valence-corrected chi connectivity index (χ2v) is 4.15. The van der Waals surface area contributed by atoms with Crippen LogP contribution >= 0.6 is 11.6 Å². The first-order valence-corrected chi connectivity index (χ1v) is 5.76. The Balaban J connectivity index is 2.27. The Morgan fingerprint density at radius 3 is 2.75 bits per heavy atom. The molecule has 0 aliphatic rings. The maximum absolute atomic E-state index is 11.9. The number of nitro groups is 1. The highest BCUT2D eigenvalue weighted by molar-refractivity contribution is 6.29. The zero-order chi connectivity index (χ0) is 14.7. The quantitative estimate of drug-likeness (QED) is 0.391. The Morgan fingerprint density at radius 2 is 2.10 bits per heavy atom. The van der Waals surface area contributed by atoms with E-state index in [-0.39, 0.29) is 28.0 Å². The van der Waals surface area contributed by atoms with E-state index in [2.05, 4.69) is 10.3 Å². The third-order valence-corrected chi connectivity index (χ3v) is 2.60. The van der Waals surface area contributed by atoms with E-state index in [9.17, 15) is 20.0 Å². The van der Waals surface area contributed by atoms with E-state index in [1.165, 1.54) is 18.2 Å². The van der Waals surface area contributed by atoms with Crippen molar-refractivity contribution in [2.45, 2.75) is 0 Å². The number of non-ortho nitro benzene ring substituents is 1. The smallest absolute Gasteiger partial charge is 0.274 e. The summed E-state index contributed by atoms with van der Waals surface area (Å²) in [5.41, 5.74) is -0.300. The monoisotopic (exact) mass is 293 g/mol. The molecule has 1 heterocycles. The van der Waals surface area contributed by atoms with Gasteiger partial charge in [-0.05, 0) is 18.2 Å². The first-order chi connectivity index (χ1) is 9.47. The zero-order valence-electron chi connectivity index (χ0n) is 9.91. The molecule has 0 spiro atoms. The van der Waals surface area contributed by atoms with Gasteiger partial charge < -0.3 is 10.4 Å². The minimum Gasteiger partial charge on any atom is -0.506 e. The van der Waals surface area contributed by atoms with Crippen LogP contribution < -0.4 is 5.32 Å². The number of nitro benzene ring substituents is 1. The molecule has 102 valence electrons. The van der Waals surface area contributed by atoms with E-state index >= 15 is 0 Å². The molecule has 0 aliphatic heterocycles. The minimum atomic E-state index is -0.636. The van der Waals surface area contributed by atoms with E-state index in [1.54, 1.807) is 0 Å². The predicted molar refractivity (Wildman–Crippen MR) is 72.0 cm³/mol. The van der Waals surface area contributed by atoms with Crippen LogP contribution in [-0.4, -0.2) is 20.9 Å². The highest BCUT2D eigenvalue weighted by atomic mass is 35.5. The standard InChI is InChI=1S/C12H8ClN3O4/c13-11-3-1-2-8(14-11)12(18)15-9-6-7(16(19)20)4-5-10(9)17/h1-6,17H,(H,15,18). The van der Waals surface area contributed by atoms with E-state index in [0.29, 0.717) is 0 Å². The van der Waals surface area contributed by atoms with Gasteiger partial charge in [0.15, 0.2) is 0 Å². The summed E-state index contributed by atoms with van der Waals surface area (Å²) in [6.07, 6.45) is 0. The molecule has 0 atom stereocenters. The highest BCUT2D eigenvalue weighted by Gasteiger charge is 2.14. The molecular formula is C12H8ClN3O4. The van der Waals surface area contributed by atoms with Gasteiger partial charge in [0.05, 0.1) is 10.6 Å². The molecule has 1 amide bonds. The van der Waals surface area contributed by atoms with Crippen molar-refractivity contribution < 1.29 is 14.8 Å². The average molecular weight is 294 g/mol. The summed E-state index contributed by atoms with van der Waals surface area (Å²) in [6, 6.07) is 7.77. The van der Waals surface area contributed by atoms with Gasteiger partial charge in [0.2, 0.25) is 0 Å². The number of halogens is 1. The van der Waals surface area contributed by atoms with Crippen molar-refractivity contribution in [3.8, 4) is 5.75 Å². The lowest BCUT2D eigenvalue weighted by atomic mass is 10.2. The Bertz CT molecular complexity index is 690. The molecule has 2 rings (SSSR count). The Morgan fingerprint density at radius 1 is 1.35 bits per heavy atom. The van der Waals surface area contributed by atoms with E-state index in [4.69, 9.17) is 11.6 Å². The van der Waals surface area contributed by atoms with Crippen LogP contribution in [0.1, 0.15) is 10.5 Å². The summed E-state index contributed by atoms with van der Waals surface area (Å²) in [5.74, 6) is -0.922. The number of nitrogens with zero attached hydrogens (tertiary/aromatic N) is 2. The van der Waals surface area contributed by atoms with Gasteiger partial charge in [-0.1, -0.05) is 17.7 Å². The van der Waals surface area contributed by atoms with Gasteiger partial charge in [-0.3, -0.25) is 14.9 Å². The number of phenolic OH excluding ortho intramolecular Hbond substituents is 1. The van der Waals surface area contributed by atoms with E-state index in [0.717, 1.165) is 18.2 Å². The SMILES string of the molecule is O=C(Nc1cc([N+](=O)[O-])ccc1O)c1cccc(Cl)n1. The third-order valence-electron chi connectivity index (χ3n) is 2.39. The zero-order valence-corrected chi connectivity index (χ0v) is 10.7. The first kappa shape index (κ1) is 13.8. The number of aromatic nitrogens is 1. The predicted octanol–water partition coefficient (Wildman–Crippen LogP) is 2.60. The molecule has 2 aromatic rings. The van der Waals surface area contributed by atoms with Crippen LogP contribution in [0.2, 0.25) is 5.15 Å². The molecule has 1 aromatic carbocycles. The van der Waals surface area contributed by atoms with Gasteiger partial charge in [0.25, 0.3) is 11.6 Å². The fourth-order valence-electron chi connectivity index (χ4n) is 1.46. The normalized spacial score (nSPS) is 10.1. The molecule has 7 nitrogen and oxygen atoms in total. The number of nitrogens with one attached hydrogen (secondary N) is 1. The number of phenols is 1. The lowest BCUT2D eigenvalue weighted by Gasteiger charge is -2.06. The fraction of sp³-hybridized carbons (Fsp3) is 0. The lowest BCUT2D eigenvalue weighted by molar-refractivity contribution is -0.384. The number of hydrogen-bond donors (Lipinski definition) is 2. The van der Waals surface area contributed by atoms with Gasteiger partial charge >= 0.3 is 0 Å². The Hall–Kier alpha value is -2.67. The molecule has 0 aliphatic carbocycles. The molecule has 2 N–H and O–H groups in total. The molecule has 0 radical (unpaired) electrons. The number of anilines is 1. The van der Waals surface area contributed by atoms with Gasteiger partial charge in [-0.15, -0.1) is 0 Å². The van der Waals surface area contributed by atoms with Crippen molar-refractivity contribution >= 4 is 28.9 Å². The van der Waals surface area contributed by atoms with Crippen molar-refractivity contribution in [3.63, 3.8) is 0 Å². The molecule has 20 heavy (non-hydrogen) atoms. The van der Waals surface area contributed by atoms with Crippen LogP contribution in [0.25, 0.3) is 0 Å². The molecule has 0 unspecified atom stereocenters. The van der Waals surface area contributed by atoms with Crippen LogP contribution in [0.15, 0.2) is 36.4 Å². The second-order valence-electron chi connectivity index (χ2n) is 3.76. The minimum absolute atomic E-state index is 0.0309. The summed E-state index contributed by atoms with van der Waals surface area (Å²) < 4.78 is 0. The summed E-state index contributed by atoms with van der Waals surface area (Å²) in [4.78, 5) is 25.7. The van der Waals surface area contributed by atoms with Crippen molar-refractivity contribution in [1.29, 1.82) is 0 Å². The number of hydrogen-bond acceptors (Lipinski definition) is 5. The van der Waals surface area contributed by atoms with Crippen LogP contribution in [0.4, 0.5) is 11.4 Å². The van der Waals surface area contributed by atoms with Crippen LogP contribution in [0, 0.1) is 10.1 Å². The average Bonchev–Trinajstić information content (AvgIpc) is 2.41. The number of carbonyl (C=O) groups is 1. The second kappa shape index (κ2) is 5.54. The van der Waals surface area contributed by atoms with Gasteiger partial charge in [-0.25, -0.2) is 4.98 Å². The maximum Gasteiger partial charge on any atom is 0.274 e. The summed E-state index contributed by atoms with van der Waals surface area (Å²) in [6.45, 7) is 0. The van der Waals surface area contributed by atoms with Crippen LogP contribution in [-0.2, 0) is 0 Å². The summed E-state index contributed by atoms with van der Waals surface area (Å²) in [7, 11) is 0. The van der Waals surface area contributed by atoms with Crippen molar-refractivity contribution in [2.24, 2.45) is 0 Å². The number of rotatable bonds is 3. The van der Waals surface area contributed by atoms with Crippen LogP contribution in [0.3, 0.4) is 0 Å². The third kappa shape index (κ3) is 3.01. The summed E-state index contributed by atoms with van der Waals surface area (Å²) in [5, 5.41) is 22.7. The molecule has 8 heteroatoms. The molecule has 0 saturated heterocycles. The molecule has 0 bridgehead atoms. The van der Waals surface area contributed by atoms with Crippen LogP contribution in [0.5, 0.6) is 5.75 Å². The maximum atomic E-state index is 11.9. The Labute approximate surface area is 118 Å². The highest BCUT2D eigenvalue weighted by Crippen LogP contribution is 2.28. The Kier molecular flexibility index (Phi) is 3.81. The van der Waals surface area contributed by atoms with E-state index < -0.39 is 10.8 Å². The summed E-state index contributed by atoms with van der Waals surface area (Å²) >= 11 is 5.66. The topological polar surface area (TPSA) is 105 Å². The van der Waals surface area contributed by atoms with Gasteiger partial charge in [0.1, 0.15) is 16.6 Å². The molecule has 0 fully saturated rings. The van der Waals surface area contributed by atoms with Gasteiger partial charge in [-0.2, -0.15) is 0 Å². The number of aromatic hydroxyl groups is 1. The van der Waals surface area contributed by atoms with E-state index in [1.807, 2.05) is 0 Å². The van der Waals surface area contributed by atoms with Gasteiger partial charge in [0, 0.05) is 12.1 Å². The van der Waals surface area contributed by atoms with Crippen molar-refractivity contribution in [1.82, 2.24) is 4.98 Å². The first-order valence-electron chi connectivity index (χ1n) is 5.38. The molecular weight excluding hydrogens is 286 g/mol. The van der Waals surface area contributed by atoms with Crippen molar-refractivity contribution in [3.05, 3.63) is 57.4 Å². The van der Waals surface area contributed by atoms with Crippen molar-refractivity contribution in [2.75, 3.05) is 5.32 Å². The number of carbonyl (C=O) groups excluding carboxylic acids is 1. The fourth-order valence-corrected chi connectivity index (χ4v) is 1.62. The number of benzene rings is 1. The largest absolute Gasteiger partial charge is 0.506 e. The number of amides is 1. The molecule has 1 aromatic heterocycles. The number of pyridine rings is 1. The molecule has 0 saturated carbocycles.